The van der Waals surface area contributed by atoms with E-state index in [1.807, 2.05) is 6.07 Å². The van der Waals surface area contributed by atoms with Crippen molar-refractivity contribution in [1.29, 1.82) is 0 Å². The van der Waals surface area contributed by atoms with Gasteiger partial charge in [0.1, 0.15) is 11.5 Å². The number of methoxy groups -OCH3 is 1. The maximum atomic E-state index is 13.3. The molecular weight excluding hydrogens is 476 g/mol. The minimum absolute atomic E-state index is 0.0270. The number of fused-ring (bicyclic) bond motifs is 1. The Morgan fingerprint density at radius 2 is 1.94 bits per heavy atom. The molecule has 0 saturated heterocycles. The number of phenols is 1. The van der Waals surface area contributed by atoms with E-state index in [1.165, 1.54) is 10.8 Å². The summed E-state index contributed by atoms with van der Waals surface area (Å²) in [4.78, 5) is 30.4. The van der Waals surface area contributed by atoms with Crippen LogP contribution in [-0.4, -0.2) is 39.6 Å². The number of ether oxygens (including phenoxy) is 1. The monoisotopic (exact) mass is 500 g/mol. The highest BCUT2D eigenvalue weighted by Gasteiger charge is 2.15. The number of para-hydroxylation sites is 2. The number of aromatic nitrogens is 2. The normalized spacial score (nSPS) is 11.0. The first kappa shape index (κ1) is 24.7. The number of nitrogens with zero attached hydrogens (tertiary/aromatic N) is 3. The molecule has 8 nitrogen and oxygen atoms in total. The molecule has 182 valence electrons. The molecule has 0 fully saturated rings. The van der Waals surface area contributed by atoms with Gasteiger partial charge in [-0.2, -0.15) is 5.10 Å². The van der Waals surface area contributed by atoms with E-state index in [0.29, 0.717) is 39.5 Å². The summed E-state index contributed by atoms with van der Waals surface area (Å²) in [5.74, 6) is 0.337. The van der Waals surface area contributed by atoms with E-state index >= 15 is 0 Å². The molecule has 1 aromatic heterocycles. The number of aromatic hydroxyl groups is 1. The lowest BCUT2D eigenvalue weighted by molar-refractivity contribution is -0.118. The van der Waals surface area contributed by atoms with E-state index in [2.05, 4.69) is 22.1 Å². The van der Waals surface area contributed by atoms with Crippen molar-refractivity contribution in [2.75, 3.05) is 12.9 Å². The largest absolute Gasteiger partial charge is 0.507 e. The number of allylic oxidation sites excluding steroid dienone is 1. The van der Waals surface area contributed by atoms with Crippen molar-refractivity contribution in [2.24, 2.45) is 5.10 Å². The quantitative estimate of drug-likeness (QED) is 0.118. The molecule has 0 unspecified atom stereocenters. The first-order valence-electron chi connectivity index (χ1n) is 11.0. The molecule has 0 bridgehead atoms. The summed E-state index contributed by atoms with van der Waals surface area (Å²) < 4.78 is 6.69. The molecular formula is C27H24N4O4S. The van der Waals surface area contributed by atoms with Gasteiger partial charge in [-0.05, 0) is 54.4 Å². The molecule has 4 aromatic rings. The number of nitrogens with one attached hydrogen (secondary N) is 1. The van der Waals surface area contributed by atoms with Crippen LogP contribution in [0.3, 0.4) is 0 Å². The second kappa shape index (κ2) is 11.4. The fraction of sp³-hybridized carbons (Fsp3) is 0.111. The Balaban J connectivity index is 1.54. The zero-order valence-electron chi connectivity index (χ0n) is 19.5. The molecule has 0 aliphatic rings. The van der Waals surface area contributed by atoms with Gasteiger partial charge in [-0.1, -0.05) is 42.1 Å². The number of carbonyl (C=O) groups is 1. The van der Waals surface area contributed by atoms with Gasteiger partial charge in [0.25, 0.3) is 11.5 Å². The smallest absolute Gasteiger partial charge is 0.266 e. The summed E-state index contributed by atoms with van der Waals surface area (Å²) in [7, 11) is 1.57. The van der Waals surface area contributed by atoms with Crippen molar-refractivity contribution in [3.8, 4) is 17.2 Å². The molecule has 1 amide bonds. The van der Waals surface area contributed by atoms with Gasteiger partial charge < -0.3 is 9.84 Å². The third kappa shape index (κ3) is 5.47. The number of thioether (sulfide) groups is 1. The van der Waals surface area contributed by atoms with Crippen molar-refractivity contribution in [1.82, 2.24) is 15.0 Å². The van der Waals surface area contributed by atoms with Crippen LogP contribution in [0.4, 0.5) is 0 Å². The van der Waals surface area contributed by atoms with Crippen LogP contribution in [0.15, 0.2) is 94.4 Å². The van der Waals surface area contributed by atoms with E-state index < -0.39 is 0 Å². The standard InChI is InChI=1S/C27H24N4O4S/c1-3-7-18-8-6-9-19(25(18)33)16-28-30-24(32)17-36-27-29-23-11-5-4-10-22(23)26(34)31(27)20-12-14-21(35-2)15-13-20/h3-6,8-16,33H,1,7,17H2,2H3,(H,30,32)/b28-16+. The molecule has 36 heavy (non-hydrogen) atoms. The number of rotatable bonds is 9. The fourth-order valence-electron chi connectivity index (χ4n) is 3.54. The molecule has 0 radical (unpaired) electrons. The lowest BCUT2D eigenvalue weighted by atomic mass is 10.1. The average Bonchev–Trinajstić information content (AvgIpc) is 2.90. The topological polar surface area (TPSA) is 106 Å². The second-order valence-corrected chi connectivity index (χ2v) is 8.62. The van der Waals surface area contributed by atoms with E-state index in [-0.39, 0.29) is 23.0 Å². The van der Waals surface area contributed by atoms with Crippen LogP contribution in [0.1, 0.15) is 11.1 Å². The number of phenolic OH excluding ortho intramolecular Hbond substituents is 1. The molecule has 0 saturated carbocycles. The van der Waals surface area contributed by atoms with Crippen LogP contribution in [0, 0.1) is 0 Å². The highest BCUT2D eigenvalue weighted by atomic mass is 32.2. The number of carbonyl (C=O) groups excluding carboxylic acids is 1. The first-order valence-corrected chi connectivity index (χ1v) is 12.0. The molecule has 2 N–H and O–H groups in total. The van der Waals surface area contributed by atoms with Crippen LogP contribution in [-0.2, 0) is 11.2 Å². The average molecular weight is 501 g/mol. The zero-order chi connectivity index (χ0) is 25.5. The van der Waals surface area contributed by atoms with E-state index in [0.717, 1.165) is 17.3 Å². The van der Waals surface area contributed by atoms with Gasteiger partial charge in [0.2, 0.25) is 0 Å². The number of hydrogen-bond donors (Lipinski definition) is 2. The third-order valence-corrected chi connectivity index (χ3v) is 6.25. The highest BCUT2D eigenvalue weighted by molar-refractivity contribution is 7.99. The summed E-state index contributed by atoms with van der Waals surface area (Å²) in [6.07, 6.45) is 3.60. The van der Waals surface area contributed by atoms with Gasteiger partial charge in [-0.3, -0.25) is 14.2 Å². The molecule has 0 atom stereocenters. The molecule has 4 rings (SSSR count). The Labute approximate surface area is 212 Å². The Bertz CT molecular complexity index is 1500. The predicted octanol–water partition coefficient (Wildman–Crippen LogP) is 4.07. The van der Waals surface area contributed by atoms with Gasteiger partial charge in [-0.25, -0.2) is 10.4 Å². The lowest BCUT2D eigenvalue weighted by Crippen LogP contribution is -2.24. The summed E-state index contributed by atoms with van der Waals surface area (Å²) >= 11 is 1.12. The maximum Gasteiger partial charge on any atom is 0.266 e. The number of hydrazone groups is 1. The summed E-state index contributed by atoms with van der Waals surface area (Å²) in [5.41, 5.74) is 4.56. The zero-order valence-corrected chi connectivity index (χ0v) is 20.4. The first-order chi connectivity index (χ1) is 17.5. The van der Waals surface area contributed by atoms with Crippen molar-refractivity contribution < 1.29 is 14.6 Å². The minimum atomic E-state index is -0.387. The van der Waals surface area contributed by atoms with Crippen LogP contribution in [0.25, 0.3) is 16.6 Å². The van der Waals surface area contributed by atoms with Gasteiger partial charge in [0, 0.05) is 5.56 Å². The minimum Gasteiger partial charge on any atom is -0.507 e. The SMILES string of the molecule is C=CCc1cccc(/C=N/NC(=O)CSc2nc3ccccc3c(=O)n2-c2ccc(OC)cc2)c1O. The Hall–Kier alpha value is -4.37. The summed E-state index contributed by atoms with van der Waals surface area (Å²) in [6, 6.07) is 19.4. The molecule has 0 aliphatic carbocycles. The molecule has 0 aliphatic heterocycles. The fourth-order valence-corrected chi connectivity index (χ4v) is 4.34. The van der Waals surface area contributed by atoms with Crippen molar-refractivity contribution in [3.63, 3.8) is 0 Å². The van der Waals surface area contributed by atoms with Crippen LogP contribution in [0.5, 0.6) is 11.5 Å². The van der Waals surface area contributed by atoms with Gasteiger partial charge in [0.15, 0.2) is 5.16 Å². The molecule has 9 heteroatoms. The summed E-state index contributed by atoms with van der Waals surface area (Å²) in [6.45, 7) is 3.68. The Morgan fingerprint density at radius 3 is 2.69 bits per heavy atom. The molecule has 1 heterocycles. The Morgan fingerprint density at radius 1 is 1.17 bits per heavy atom. The van der Waals surface area contributed by atoms with E-state index in [4.69, 9.17) is 4.74 Å². The van der Waals surface area contributed by atoms with Crippen LogP contribution in [0.2, 0.25) is 0 Å². The number of hydrogen-bond acceptors (Lipinski definition) is 7. The van der Waals surface area contributed by atoms with E-state index in [1.54, 1.807) is 73.8 Å². The highest BCUT2D eigenvalue weighted by Crippen LogP contribution is 2.23. The lowest BCUT2D eigenvalue weighted by Gasteiger charge is -2.13. The maximum absolute atomic E-state index is 13.3. The number of benzene rings is 3. The van der Waals surface area contributed by atoms with Gasteiger partial charge >= 0.3 is 0 Å². The van der Waals surface area contributed by atoms with Crippen molar-refractivity contribution in [2.45, 2.75) is 11.6 Å². The van der Waals surface area contributed by atoms with Gasteiger partial charge in [-0.15, -0.1) is 6.58 Å². The molecule has 3 aromatic carbocycles. The Kier molecular flexibility index (Phi) is 7.82. The van der Waals surface area contributed by atoms with Crippen molar-refractivity contribution in [3.05, 3.63) is 101 Å². The van der Waals surface area contributed by atoms with Crippen LogP contribution < -0.4 is 15.7 Å². The van der Waals surface area contributed by atoms with E-state index in [9.17, 15) is 14.7 Å². The number of amides is 1. The van der Waals surface area contributed by atoms with Crippen molar-refractivity contribution >= 4 is 34.8 Å². The third-order valence-electron chi connectivity index (χ3n) is 5.32. The molecule has 0 spiro atoms. The second-order valence-electron chi connectivity index (χ2n) is 7.68. The van der Waals surface area contributed by atoms with Gasteiger partial charge in [0.05, 0.1) is 35.7 Å². The predicted molar refractivity (Wildman–Crippen MR) is 142 cm³/mol. The van der Waals surface area contributed by atoms with Crippen LogP contribution >= 0.6 is 11.8 Å². The summed E-state index contributed by atoms with van der Waals surface area (Å²) in [5, 5.41) is 15.1.